The van der Waals surface area contributed by atoms with Crippen molar-refractivity contribution >= 4 is 39.3 Å². The Morgan fingerprint density at radius 2 is 2.30 bits per heavy atom. The Hall–Kier alpha value is -1.08. The minimum Gasteiger partial charge on any atom is -0.481 e. The van der Waals surface area contributed by atoms with Crippen molar-refractivity contribution in [3.63, 3.8) is 0 Å². The van der Waals surface area contributed by atoms with Gasteiger partial charge in [0.1, 0.15) is 0 Å². The molecule has 2 atom stereocenters. The number of piperidine rings is 1. The van der Waals surface area contributed by atoms with Crippen LogP contribution in [0.3, 0.4) is 0 Å². The van der Waals surface area contributed by atoms with E-state index in [0.29, 0.717) is 19.5 Å². The van der Waals surface area contributed by atoms with Gasteiger partial charge in [-0.3, -0.25) is 4.79 Å². The molecule has 0 aromatic carbocycles. The highest BCUT2D eigenvalue weighted by molar-refractivity contribution is 9.10. The Morgan fingerprint density at radius 1 is 1.55 bits per heavy atom. The zero-order valence-electron chi connectivity index (χ0n) is 11.1. The summed E-state index contributed by atoms with van der Waals surface area (Å²) in [5.41, 5.74) is 0. The number of nitrogens with zero attached hydrogens (tertiary/aromatic N) is 1. The first-order chi connectivity index (χ1) is 9.47. The summed E-state index contributed by atoms with van der Waals surface area (Å²) in [4.78, 5) is 25.9. The van der Waals surface area contributed by atoms with Crippen LogP contribution in [0.2, 0.25) is 0 Å². The normalized spacial score (nSPS) is 22.6. The van der Waals surface area contributed by atoms with Gasteiger partial charge in [-0.1, -0.05) is 6.92 Å². The number of carbonyl (C=O) groups is 2. The summed E-state index contributed by atoms with van der Waals surface area (Å²) >= 11 is 4.99. The standard InChI is InChI=1S/C13H17BrN2O3S/c1-8-4-9(12(17)18)7-16(6-8)13(19)15-5-11-10(14)2-3-20-11/h2-3,8-9H,4-7H2,1H3,(H,15,19)(H,17,18). The second-order valence-electron chi connectivity index (χ2n) is 5.13. The minimum atomic E-state index is -0.824. The van der Waals surface area contributed by atoms with Crippen molar-refractivity contribution in [3.05, 3.63) is 20.8 Å². The zero-order chi connectivity index (χ0) is 14.7. The number of amides is 2. The molecule has 1 aliphatic heterocycles. The molecule has 1 fully saturated rings. The topological polar surface area (TPSA) is 69.6 Å². The van der Waals surface area contributed by atoms with E-state index in [1.165, 1.54) is 0 Å². The van der Waals surface area contributed by atoms with Gasteiger partial charge in [0.05, 0.1) is 12.5 Å². The van der Waals surface area contributed by atoms with E-state index in [1.807, 2.05) is 18.4 Å². The first-order valence-electron chi connectivity index (χ1n) is 6.44. The molecule has 2 rings (SSSR count). The molecule has 0 radical (unpaired) electrons. The maximum atomic E-state index is 12.1. The number of likely N-dealkylation sites (tertiary alicyclic amines) is 1. The van der Waals surface area contributed by atoms with Crippen LogP contribution in [0, 0.1) is 11.8 Å². The van der Waals surface area contributed by atoms with Gasteiger partial charge in [-0.2, -0.15) is 0 Å². The Balaban J connectivity index is 1.91. The van der Waals surface area contributed by atoms with Crippen LogP contribution in [0.15, 0.2) is 15.9 Å². The smallest absolute Gasteiger partial charge is 0.317 e. The van der Waals surface area contributed by atoms with Crippen LogP contribution in [-0.4, -0.2) is 35.1 Å². The van der Waals surface area contributed by atoms with Crippen molar-refractivity contribution in [2.75, 3.05) is 13.1 Å². The summed E-state index contributed by atoms with van der Waals surface area (Å²) in [6, 6.07) is 1.75. The van der Waals surface area contributed by atoms with Crippen molar-refractivity contribution < 1.29 is 14.7 Å². The molecule has 2 N–H and O–H groups in total. The number of urea groups is 1. The van der Waals surface area contributed by atoms with Crippen molar-refractivity contribution in [1.29, 1.82) is 0 Å². The lowest BCUT2D eigenvalue weighted by Gasteiger charge is -2.34. The fourth-order valence-electron chi connectivity index (χ4n) is 2.42. The van der Waals surface area contributed by atoms with E-state index in [-0.39, 0.29) is 18.5 Å². The first kappa shape index (κ1) is 15.3. The molecule has 7 heteroatoms. The van der Waals surface area contributed by atoms with E-state index in [9.17, 15) is 9.59 Å². The van der Waals surface area contributed by atoms with E-state index in [0.717, 1.165) is 9.35 Å². The third-order valence-electron chi connectivity index (χ3n) is 3.39. The van der Waals surface area contributed by atoms with Crippen molar-refractivity contribution in [3.8, 4) is 0 Å². The number of carboxylic acids is 1. The van der Waals surface area contributed by atoms with Crippen molar-refractivity contribution in [2.24, 2.45) is 11.8 Å². The molecule has 2 heterocycles. The molecule has 0 spiro atoms. The molecule has 1 aromatic heterocycles. The number of hydrogen-bond acceptors (Lipinski definition) is 3. The minimum absolute atomic E-state index is 0.192. The number of nitrogens with one attached hydrogen (secondary N) is 1. The third kappa shape index (κ3) is 3.73. The van der Waals surface area contributed by atoms with Crippen LogP contribution in [0.1, 0.15) is 18.2 Å². The molecule has 1 aliphatic rings. The average Bonchev–Trinajstić information content (AvgIpc) is 2.80. The highest BCUT2D eigenvalue weighted by Gasteiger charge is 2.31. The molecule has 1 saturated heterocycles. The van der Waals surface area contributed by atoms with Crippen LogP contribution in [0.4, 0.5) is 4.79 Å². The van der Waals surface area contributed by atoms with Gasteiger partial charge in [0, 0.05) is 22.4 Å². The summed E-state index contributed by atoms with van der Waals surface area (Å²) in [5, 5.41) is 13.9. The number of carbonyl (C=O) groups excluding carboxylic acids is 1. The predicted molar refractivity (Wildman–Crippen MR) is 80.7 cm³/mol. The van der Waals surface area contributed by atoms with E-state index in [1.54, 1.807) is 16.2 Å². The van der Waals surface area contributed by atoms with Gasteiger partial charge < -0.3 is 15.3 Å². The molecule has 0 aliphatic carbocycles. The molecule has 20 heavy (non-hydrogen) atoms. The average molecular weight is 361 g/mol. The van der Waals surface area contributed by atoms with Crippen molar-refractivity contribution in [2.45, 2.75) is 19.9 Å². The highest BCUT2D eigenvalue weighted by Crippen LogP contribution is 2.23. The monoisotopic (exact) mass is 360 g/mol. The van der Waals surface area contributed by atoms with Gasteiger partial charge in [-0.05, 0) is 39.7 Å². The van der Waals surface area contributed by atoms with Crippen LogP contribution in [0.5, 0.6) is 0 Å². The number of hydrogen-bond donors (Lipinski definition) is 2. The molecule has 0 saturated carbocycles. The Morgan fingerprint density at radius 3 is 2.90 bits per heavy atom. The van der Waals surface area contributed by atoms with E-state index >= 15 is 0 Å². The number of aliphatic carboxylic acids is 1. The summed E-state index contributed by atoms with van der Waals surface area (Å²) in [6.45, 7) is 3.34. The molecule has 2 unspecified atom stereocenters. The lowest BCUT2D eigenvalue weighted by Crippen LogP contribution is -2.49. The zero-order valence-corrected chi connectivity index (χ0v) is 13.5. The predicted octanol–water partition coefficient (Wildman–Crippen LogP) is 2.76. The summed E-state index contributed by atoms with van der Waals surface area (Å²) in [7, 11) is 0. The van der Waals surface area contributed by atoms with Gasteiger partial charge in [0.25, 0.3) is 0 Å². The SMILES string of the molecule is CC1CC(C(=O)O)CN(C(=O)NCc2sccc2Br)C1. The van der Waals surface area contributed by atoms with Crippen LogP contribution in [0.25, 0.3) is 0 Å². The Bertz CT molecular complexity index is 506. The van der Waals surface area contributed by atoms with E-state index in [4.69, 9.17) is 5.11 Å². The number of thiophene rings is 1. The van der Waals surface area contributed by atoms with Crippen molar-refractivity contribution in [1.82, 2.24) is 10.2 Å². The summed E-state index contributed by atoms with van der Waals surface area (Å²) < 4.78 is 0.984. The maximum Gasteiger partial charge on any atom is 0.317 e. The summed E-state index contributed by atoms with van der Waals surface area (Å²) in [5.74, 6) is -1.07. The Labute approximate surface area is 130 Å². The molecular formula is C13H17BrN2O3S. The number of halogens is 1. The van der Waals surface area contributed by atoms with Gasteiger partial charge in [-0.25, -0.2) is 4.79 Å². The lowest BCUT2D eigenvalue weighted by molar-refractivity contribution is -0.143. The Kier molecular flexibility index (Phi) is 5.04. The fourth-order valence-corrected chi connectivity index (χ4v) is 3.85. The second kappa shape index (κ2) is 6.58. The van der Waals surface area contributed by atoms with E-state index < -0.39 is 11.9 Å². The fraction of sp³-hybridized carbons (Fsp3) is 0.538. The van der Waals surface area contributed by atoms with Crippen LogP contribution < -0.4 is 5.32 Å². The molecule has 1 aromatic rings. The molecule has 2 amide bonds. The third-order valence-corrected chi connectivity index (χ3v) is 5.31. The van der Waals surface area contributed by atoms with Gasteiger partial charge >= 0.3 is 12.0 Å². The molecule has 5 nitrogen and oxygen atoms in total. The second-order valence-corrected chi connectivity index (χ2v) is 6.99. The van der Waals surface area contributed by atoms with Gasteiger partial charge in [-0.15, -0.1) is 11.3 Å². The lowest BCUT2D eigenvalue weighted by atomic mass is 9.91. The quantitative estimate of drug-likeness (QED) is 0.870. The van der Waals surface area contributed by atoms with Gasteiger partial charge in [0.2, 0.25) is 0 Å². The van der Waals surface area contributed by atoms with Gasteiger partial charge in [0.15, 0.2) is 0 Å². The van der Waals surface area contributed by atoms with Crippen LogP contribution in [-0.2, 0) is 11.3 Å². The molecule has 0 bridgehead atoms. The first-order valence-corrected chi connectivity index (χ1v) is 8.12. The molecular weight excluding hydrogens is 344 g/mol. The number of carboxylic acid groups (broad SMARTS) is 1. The largest absolute Gasteiger partial charge is 0.481 e. The highest BCUT2D eigenvalue weighted by atomic mass is 79.9. The maximum absolute atomic E-state index is 12.1. The van der Waals surface area contributed by atoms with Crippen LogP contribution >= 0.6 is 27.3 Å². The molecule has 110 valence electrons. The number of rotatable bonds is 3. The summed E-state index contributed by atoms with van der Waals surface area (Å²) in [6.07, 6.45) is 0.635. The van der Waals surface area contributed by atoms with E-state index in [2.05, 4.69) is 21.2 Å².